The van der Waals surface area contributed by atoms with Gasteiger partial charge in [0.1, 0.15) is 11.3 Å². The van der Waals surface area contributed by atoms with Crippen molar-refractivity contribution in [2.24, 2.45) is 0 Å². The molecule has 2 aliphatic rings. The minimum absolute atomic E-state index is 0.142. The summed E-state index contributed by atoms with van der Waals surface area (Å²) in [5.41, 5.74) is 2.57. The molecule has 0 radical (unpaired) electrons. The van der Waals surface area contributed by atoms with Crippen LogP contribution < -0.4 is 0 Å². The van der Waals surface area contributed by atoms with E-state index in [0.29, 0.717) is 18.7 Å². The first-order valence-corrected chi connectivity index (χ1v) is 6.55. The summed E-state index contributed by atoms with van der Waals surface area (Å²) in [7, 11) is 0. The second kappa shape index (κ2) is 3.78. The van der Waals surface area contributed by atoms with Crippen molar-refractivity contribution in [1.82, 2.24) is 9.55 Å². The number of rotatable bonds is 2. The van der Waals surface area contributed by atoms with E-state index in [1.165, 1.54) is 5.56 Å². The van der Waals surface area contributed by atoms with Crippen LogP contribution in [0.25, 0.3) is 0 Å². The zero-order chi connectivity index (χ0) is 12.9. The van der Waals surface area contributed by atoms with Crippen molar-refractivity contribution in [3.8, 4) is 0 Å². The molecule has 1 aromatic carbocycles. The van der Waals surface area contributed by atoms with E-state index in [1.807, 2.05) is 18.2 Å². The van der Waals surface area contributed by atoms with Crippen molar-refractivity contribution in [2.75, 3.05) is 6.61 Å². The Hall–Kier alpha value is -1.94. The number of epoxide rings is 1. The van der Waals surface area contributed by atoms with Gasteiger partial charge in [-0.15, -0.1) is 0 Å². The zero-order valence-electron chi connectivity index (χ0n) is 10.5. The summed E-state index contributed by atoms with van der Waals surface area (Å²) in [6.45, 7) is 1.45. The number of ketones is 1. The van der Waals surface area contributed by atoms with E-state index in [4.69, 9.17) is 4.74 Å². The maximum absolute atomic E-state index is 11.9. The molecule has 0 bridgehead atoms. The second-order valence-corrected chi connectivity index (χ2v) is 5.26. The van der Waals surface area contributed by atoms with Crippen molar-refractivity contribution in [2.45, 2.75) is 25.0 Å². The smallest absolute Gasteiger partial charge is 0.183 e. The molecule has 1 spiro atoms. The Labute approximate surface area is 111 Å². The molecule has 1 fully saturated rings. The van der Waals surface area contributed by atoms with Crippen molar-refractivity contribution in [1.29, 1.82) is 0 Å². The summed E-state index contributed by atoms with van der Waals surface area (Å²) in [6, 6.07) is 10.2. The predicted octanol–water partition coefficient (Wildman–Crippen LogP) is 2.13. The summed E-state index contributed by atoms with van der Waals surface area (Å²) in [5, 5.41) is 0. The van der Waals surface area contributed by atoms with Crippen LogP contribution in [0.15, 0.2) is 36.7 Å². The molecule has 19 heavy (non-hydrogen) atoms. The number of benzene rings is 1. The van der Waals surface area contributed by atoms with Gasteiger partial charge in [-0.3, -0.25) is 4.79 Å². The Morgan fingerprint density at radius 3 is 2.84 bits per heavy atom. The van der Waals surface area contributed by atoms with Crippen LogP contribution in [0.3, 0.4) is 0 Å². The van der Waals surface area contributed by atoms with Crippen LogP contribution in [0.1, 0.15) is 34.6 Å². The molecule has 0 amide bonds. The Morgan fingerprint density at radius 2 is 2.11 bits per heavy atom. The maximum atomic E-state index is 11.9. The van der Waals surface area contributed by atoms with Crippen LogP contribution in [0, 0.1) is 0 Å². The van der Waals surface area contributed by atoms with Gasteiger partial charge in [-0.25, -0.2) is 4.98 Å². The van der Waals surface area contributed by atoms with Crippen molar-refractivity contribution in [3.63, 3.8) is 0 Å². The normalized spacial score (nSPS) is 24.5. The topological polar surface area (TPSA) is 47.4 Å². The summed E-state index contributed by atoms with van der Waals surface area (Å²) < 4.78 is 7.70. The van der Waals surface area contributed by atoms with Crippen molar-refractivity contribution in [3.05, 3.63) is 53.6 Å². The molecular formula is C15H14N2O2. The number of carbonyl (C=O) groups excluding carboxylic acids is 1. The Bertz CT molecular complexity index is 641. The van der Waals surface area contributed by atoms with Crippen LogP contribution in [0.5, 0.6) is 0 Å². The molecule has 4 nitrogen and oxygen atoms in total. The van der Waals surface area contributed by atoms with Gasteiger partial charge in [0.05, 0.1) is 18.6 Å². The highest BCUT2D eigenvalue weighted by Gasteiger charge is 2.53. The van der Waals surface area contributed by atoms with Crippen LogP contribution in [0.2, 0.25) is 0 Å². The summed E-state index contributed by atoms with van der Waals surface area (Å²) >= 11 is 0. The fourth-order valence-electron chi connectivity index (χ4n) is 2.88. The number of nitrogens with zero attached hydrogens (tertiary/aromatic N) is 2. The lowest BCUT2D eigenvalue weighted by molar-refractivity contribution is 0.0939. The predicted molar refractivity (Wildman–Crippen MR) is 69.0 cm³/mol. The molecule has 4 rings (SSSR count). The van der Waals surface area contributed by atoms with Gasteiger partial charge in [0.25, 0.3) is 0 Å². The number of fused-ring (bicyclic) bond motifs is 2. The average Bonchev–Trinajstić information content (AvgIpc) is 3.08. The fourth-order valence-corrected chi connectivity index (χ4v) is 2.88. The molecule has 96 valence electrons. The molecule has 1 aromatic heterocycles. The quantitative estimate of drug-likeness (QED) is 0.771. The highest BCUT2D eigenvalue weighted by molar-refractivity contribution is 5.97. The lowest BCUT2D eigenvalue weighted by atomic mass is 9.89. The lowest BCUT2D eigenvalue weighted by Gasteiger charge is -2.20. The number of hydrogen-bond acceptors (Lipinski definition) is 3. The average molecular weight is 254 g/mol. The van der Waals surface area contributed by atoms with E-state index in [-0.39, 0.29) is 11.4 Å². The van der Waals surface area contributed by atoms with Crippen molar-refractivity contribution >= 4 is 5.78 Å². The molecule has 1 atom stereocenters. The molecule has 0 N–H and O–H groups in total. The third kappa shape index (κ3) is 1.64. The number of Topliss-reactive ketones (excluding diaryl/α,β-unsaturated/α-hetero) is 1. The summed E-state index contributed by atoms with van der Waals surface area (Å²) in [5.74, 6) is 0.142. The fraction of sp³-hybridized carbons (Fsp3) is 0.333. The lowest BCUT2D eigenvalue weighted by Crippen LogP contribution is -2.25. The number of carbonyl (C=O) groups is 1. The van der Waals surface area contributed by atoms with Gasteiger partial charge in [0.15, 0.2) is 5.78 Å². The zero-order valence-corrected chi connectivity index (χ0v) is 10.5. The summed E-state index contributed by atoms with van der Waals surface area (Å²) in [6.07, 6.45) is 3.11. The SMILES string of the molecule is O=C1CCC2(CO2)c2c1ncn2Cc1ccccc1. The van der Waals surface area contributed by atoms with Gasteiger partial charge in [-0.05, 0) is 12.0 Å². The third-order valence-corrected chi connectivity index (χ3v) is 3.98. The van der Waals surface area contributed by atoms with E-state index >= 15 is 0 Å². The molecule has 1 saturated heterocycles. The van der Waals surface area contributed by atoms with Crippen LogP contribution in [-0.4, -0.2) is 21.9 Å². The van der Waals surface area contributed by atoms with E-state index in [1.54, 1.807) is 6.33 Å². The number of hydrogen-bond donors (Lipinski definition) is 0. The third-order valence-electron chi connectivity index (χ3n) is 3.98. The molecule has 2 aromatic rings. The van der Waals surface area contributed by atoms with E-state index < -0.39 is 0 Å². The van der Waals surface area contributed by atoms with Gasteiger partial charge in [0.2, 0.25) is 0 Å². The van der Waals surface area contributed by atoms with Crippen LogP contribution >= 0.6 is 0 Å². The van der Waals surface area contributed by atoms with Crippen LogP contribution in [-0.2, 0) is 16.9 Å². The monoisotopic (exact) mass is 254 g/mol. The first kappa shape index (κ1) is 10.9. The van der Waals surface area contributed by atoms with E-state index in [2.05, 4.69) is 21.7 Å². The molecular weight excluding hydrogens is 240 g/mol. The van der Waals surface area contributed by atoms with E-state index in [9.17, 15) is 4.79 Å². The first-order valence-electron chi connectivity index (χ1n) is 6.55. The molecule has 1 aliphatic carbocycles. The Balaban J connectivity index is 1.77. The molecule has 4 heteroatoms. The van der Waals surface area contributed by atoms with Gasteiger partial charge < -0.3 is 9.30 Å². The molecule has 1 aliphatic heterocycles. The Kier molecular flexibility index (Phi) is 2.17. The Morgan fingerprint density at radius 1 is 1.32 bits per heavy atom. The van der Waals surface area contributed by atoms with Crippen LogP contribution in [0.4, 0.5) is 0 Å². The van der Waals surface area contributed by atoms with Gasteiger partial charge in [-0.2, -0.15) is 0 Å². The second-order valence-electron chi connectivity index (χ2n) is 5.26. The van der Waals surface area contributed by atoms with E-state index in [0.717, 1.165) is 18.7 Å². The number of imidazole rings is 1. The highest BCUT2D eigenvalue weighted by atomic mass is 16.6. The number of aromatic nitrogens is 2. The molecule has 0 saturated carbocycles. The minimum Gasteiger partial charge on any atom is -0.363 e. The van der Waals surface area contributed by atoms with Crippen molar-refractivity contribution < 1.29 is 9.53 Å². The minimum atomic E-state index is -0.228. The van der Waals surface area contributed by atoms with Gasteiger partial charge in [0, 0.05) is 13.0 Å². The molecule has 1 unspecified atom stereocenters. The largest absolute Gasteiger partial charge is 0.363 e. The van der Waals surface area contributed by atoms with Gasteiger partial charge >= 0.3 is 0 Å². The van der Waals surface area contributed by atoms with Gasteiger partial charge in [-0.1, -0.05) is 30.3 Å². The first-order chi connectivity index (χ1) is 9.28. The summed E-state index contributed by atoms with van der Waals surface area (Å²) in [4.78, 5) is 16.2. The highest BCUT2D eigenvalue weighted by Crippen LogP contribution is 2.47. The molecule has 2 heterocycles. The standard InChI is InChI=1S/C15H14N2O2/c18-12-6-7-15(9-19-15)14-13(12)16-10-17(14)8-11-4-2-1-3-5-11/h1-5,10H,6-9H2. The number of ether oxygens (including phenoxy) is 1. The maximum Gasteiger partial charge on any atom is 0.183 e.